The average molecular weight is 437 g/mol. The minimum Gasteiger partial charge on any atom is -0.337 e. The molecule has 2 saturated heterocycles. The second-order valence-electron chi connectivity index (χ2n) is 8.98. The van der Waals surface area contributed by atoms with Crippen LogP contribution in [0.4, 0.5) is 0 Å². The monoisotopic (exact) mass is 436 g/mol. The first-order valence-corrected chi connectivity index (χ1v) is 11.2. The molecule has 5 rings (SSSR count). The van der Waals surface area contributed by atoms with Crippen molar-refractivity contribution in [2.75, 3.05) is 19.6 Å². The molecule has 0 radical (unpaired) electrons. The van der Waals surface area contributed by atoms with Crippen LogP contribution in [-0.4, -0.2) is 57.8 Å². The first-order chi connectivity index (χ1) is 15.5. The van der Waals surface area contributed by atoms with Gasteiger partial charge in [0.25, 0.3) is 5.91 Å². The highest BCUT2D eigenvalue weighted by molar-refractivity contribution is 6.05. The van der Waals surface area contributed by atoms with Crippen LogP contribution in [0.1, 0.15) is 45.9 Å². The average Bonchev–Trinajstić information content (AvgIpc) is 3.48. The fourth-order valence-corrected chi connectivity index (χ4v) is 5.13. The molecule has 9 heteroatoms. The second kappa shape index (κ2) is 8.48. The molecule has 3 aliphatic heterocycles. The van der Waals surface area contributed by atoms with E-state index < -0.39 is 6.04 Å². The van der Waals surface area contributed by atoms with Gasteiger partial charge in [-0.15, -0.1) is 0 Å². The number of rotatable bonds is 6. The highest BCUT2D eigenvalue weighted by atomic mass is 16.2. The first-order valence-electron chi connectivity index (χ1n) is 11.2. The van der Waals surface area contributed by atoms with Gasteiger partial charge in [-0.2, -0.15) is 0 Å². The summed E-state index contributed by atoms with van der Waals surface area (Å²) in [4.78, 5) is 42.5. The molecular weight excluding hydrogens is 408 g/mol. The van der Waals surface area contributed by atoms with Crippen molar-refractivity contribution in [1.82, 2.24) is 30.4 Å². The normalized spacial score (nSPS) is 25.3. The van der Waals surface area contributed by atoms with E-state index in [1.807, 2.05) is 37.8 Å². The highest BCUT2D eigenvalue weighted by Gasteiger charge is 2.39. The summed E-state index contributed by atoms with van der Waals surface area (Å²) in [6.07, 6.45) is 4.44. The third-order valence-electron chi connectivity index (χ3n) is 6.90. The minimum atomic E-state index is -0.576. The Balaban J connectivity index is 1.20. The van der Waals surface area contributed by atoms with Crippen molar-refractivity contribution in [2.24, 2.45) is 13.0 Å². The number of amides is 3. The van der Waals surface area contributed by atoms with Crippen LogP contribution in [0.5, 0.6) is 0 Å². The predicted molar refractivity (Wildman–Crippen MR) is 117 cm³/mol. The maximum absolute atomic E-state index is 13.0. The van der Waals surface area contributed by atoms with Gasteiger partial charge in [-0.1, -0.05) is 12.1 Å². The Bertz CT molecular complexity index is 1060. The predicted octanol–water partition coefficient (Wildman–Crippen LogP) is 0.274. The standard InChI is InChI=1S/C23H28N6O3/c1-28-13-26-11-20(28)18-10-25-9-16(18)8-24-7-14-2-3-15-12-29(23(32)17(15)6-14)19-4-5-21(30)27-22(19)31/h2-3,6,11,13,16,18-19,24-25H,4-5,7-10,12H2,1H3,(H,27,30,31)/t16-,18-,19?/m1/s1. The molecule has 0 spiro atoms. The maximum atomic E-state index is 13.0. The Morgan fingerprint density at radius 2 is 2.09 bits per heavy atom. The molecule has 1 aromatic carbocycles. The molecule has 3 N–H and O–H groups in total. The van der Waals surface area contributed by atoms with Crippen molar-refractivity contribution in [2.45, 2.75) is 37.9 Å². The number of piperidine rings is 1. The molecule has 9 nitrogen and oxygen atoms in total. The van der Waals surface area contributed by atoms with Gasteiger partial charge >= 0.3 is 0 Å². The number of carbonyl (C=O) groups is 3. The summed E-state index contributed by atoms with van der Waals surface area (Å²) < 4.78 is 2.09. The van der Waals surface area contributed by atoms with Crippen molar-refractivity contribution in [3.63, 3.8) is 0 Å². The minimum absolute atomic E-state index is 0.132. The lowest BCUT2D eigenvalue weighted by Gasteiger charge is -2.29. The van der Waals surface area contributed by atoms with Crippen molar-refractivity contribution in [3.8, 4) is 0 Å². The summed E-state index contributed by atoms with van der Waals surface area (Å²) in [5, 5.41) is 9.38. The van der Waals surface area contributed by atoms with Crippen LogP contribution in [-0.2, 0) is 29.7 Å². The summed E-state index contributed by atoms with van der Waals surface area (Å²) in [5.74, 6) is 0.125. The number of aryl methyl sites for hydroxylation is 1. The topological polar surface area (TPSA) is 108 Å². The number of imide groups is 1. The molecule has 168 valence electrons. The number of aromatic nitrogens is 2. The van der Waals surface area contributed by atoms with Gasteiger partial charge in [0.15, 0.2) is 0 Å². The Morgan fingerprint density at radius 3 is 2.88 bits per heavy atom. The molecule has 1 unspecified atom stereocenters. The molecule has 3 aliphatic rings. The lowest BCUT2D eigenvalue weighted by Crippen LogP contribution is -2.52. The Kier molecular flexibility index (Phi) is 5.52. The Hall–Kier alpha value is -3.04. The van der Waals surface area contributed by atoms with Gasteiger partial charge < -0.3 is 20.1 Å². The van der Waals surface area contributed by atoms with E-state index in [2.05, 4.69) is 25.5 Å². The number of imidazole rings is 1. The number of fused-ring (bicyclic) bond motifs is 1. The molecule has 32 heavy (non-hydrogen) atoms. The fraction of sp³-hybridized carbons (Fsp3) is 0.478. The number of hydrogen-bond donors (Lipinski definition) is 3. The van der Waals surface area contributed by atoms with Crippen molar-refractivity contribution >= 4 is 17.7 Å². The zero-order valence-corrected chi connectivity index (χ0v) is 18.1. The number of carbonyl (C=O) groups excluding carboxylic acids is 3. The highest BCUT2D eigenvalue weighted by Crippen LogP contribution is 2.29. The maximum Gasteiger partial charge on any atom is 0.255 e. The van der Waals surface area contributed by atoms with Crippen LogP contribution >= 0.6 is 0 Å². The summed E-state index contributed by atoms with van der Waals surface area (Å²) in [6, 6.07) is 5.37. The van der Waals surface area contributed by atoms with Crippen molar-refractivity contribution < 1.29 is 14.4 Å². The molecule has 2 aromatic rings. The van der Waals surface area contributed by atoms with Gasteiger partial charge in [-0.25, -0.2) is 4.98 Å². The van der Waals surface area contributed by atoms with E-state index in [9.17, 15) is 14.4 Å². The lowest BCUT2D eigenvalue weighted by molar-refractivity contribution is -0.136. The Labute approximate surface area is 186 Å². The molecule has 2 fully saturated rings. The molecule has 0 bridgehead atoms. The summed E-state index contributed by atoms with van der Waals surface area (Å²) in [6.45, 7) is 3.87. The van der Waals surface area contributed by atoms with E-state index in [0.717, 1.165) is 30.8 Å². The van der Waals surface area contributed by atoms with E-state index >= 15 is 0 Å². The van der Waals surface area contributed by atoms with Crippen LogP contribution in [0.15, 0.2) is 30.7 Å². The molecule has 1 aromatic heterocycles. The molecule has 3 amide bonds. The van der Waals surface area contributed by atoms with E-state index in [1.54, 1.807) is 4.90 Å². The van der Waals surface area contributed by atoms with Crippen LogP contribution in [0, 0.1) is 5.92 Å². The quantitative estimate of drug-likeness (QED) is 0.561. The van der Waals surface area contributed by atoms with Gasteiger partial charge in [0.05, 0.1) is 6.33 Å². The smallest absolute Gasteiger partial charge is 0.255 e. The molecule has 3 atom stereocenters. The number of nitrogens with zero attached hydrogens (tertiary/aromatic N) is 3. The lowest BCUT2D eigenvalue weighted by atomic mass is 9.93. The molecule has 4 heterocycles. The van der Waals surface area contributed by atoms with E-state index in [-0.39, 0.29) is 24.1 Å². The first kappa shape index (κ1) is 20.8. The van der Waals surface area contributed by atoms with E-state index in [4.69, 9.17) is 0 Å². The van der Waals surface area contributed by atoms with Gasteiger partial charge in [0.2, 0.25) is 11.8 Å². The Morgan fingerprint density at radius 1 is 1.22 bits per heavy atom. The summed E-state index contributed by atoms with van der Waals surface area (Å²) in [5.41, 5.74) is 3.88. The third-order valence-corrected chi connectivity index (χ3v) is 6.90. The second-order valence-corrected chi connectivity index (χ2v) is 8.98. The SMILES string of the molecule is Cn1cncc1[C@@H]1CNC[C@H]1CNCc1ccc2c(c1)C(=O)N(C1CCC(=O)NC1=O)C2. The van der Waals surface area contributed by atoms with Gasteiger partial charge in [-0.3, -0.25) is 19.7 Å². The number of benzene rings is 1. The van der Waals surface area contributed by atoms with Gasteiger partial charge in [0.1, 0.15) is 6.04 Å². The fourth-order valence-electron chi connectivity index (χ4n) is 5.13. The van der Waals surface area contributed by atoms with E-state index in [1.165, 1.54) is 5.69 Å². The molecular formula is C23H28N6O3. The van der Waals surface area contributed by atoms with Crippen molar-refractivity contribution in [1.29, 1.82) is 0 Å². The molecule has 0 aliphatic carbocycles. The van der Waals surface area contributed by atoms with Crippen LogP contribution in [0.3, 0.4) is 0 Å². The number of nitrogens with one attached hydrogen (secondary N) is 3. The van der Waals surface area contributed by atoms with Crippen molar-refractivity contribution in [3.05, 3.63) is 53.1 Å². The van der Waals surface area contributed by atoms with Crippen LogP contribution in [0.25, 0.3) is 0 Å². The van der Waals surface area contributed by atoms with Gasteiger partial charge in [-0.05, 0) is 36.1 Å². The van der Waals surface area contributed by atoms with E-state index in [0.29, 0.717) is 36.9 Å². The van der Waals surface area contributed by atoms with Gasteiger partial charge in [0, 0.05) is 63.0 Å². The largest absolute Gasteiger partial charge is 0.337 e. The zero-order valence-electron chi connectivity index (χ0n) is 18.1. The third kappa shape index (κ3) is 3.82. The van der Waals surface area contributed by atoms with Crippen LogP contribution < -0.4 is 16.0 Å². The summed E-state index contributed by atoms with van der Waals surface area (Å²) >= 11 is 0. The van der Waals surface area contributed by atoms with Crippen LogP contribution in [0.2, 0.25) is 0 Å². The number of hydrogen-bond acceptors (Lipinski definition) is 6. The zero-order chi connectivity index (χ0) is 22.2. The summed E-state index contributed by atoms with van der Waals surface area (Å²) in [7, 11) is 2.03. The molecule has 0 saturated carbocycles.